The zero-order valence-electron chi connectivity index (χ0n) is 17.0. The van der Waals surface area contributed by atoms with Gasteiger partial charge in [-0.05, 0) is 47.9 Å². The van der Waals surface area contributed by atoms with Gasteiger partial charge in [0.25, 0.3) is 0 Å². The number of aliphatic imine (C=N–C) groups is 1. The zero-order chi connectivity index (χ0) is 21.7. The van der Waals surface area contributed by atoms with Crippen molar-refractivity contribution in [2.45, 2.75) is 18.4 Å². The molecular formula is C24H19FN4O3. The molecule has 3 aliphatic rings. The number of nitrogens with zero attached hydrogens (tertiary/aromatic N) is 3. The van der Waals surface area contributed by atoms with Crippen molar-refractivity contribution in [3.63, 3.8) is 0 Å². The molecule has 3 aliphatic heterocycles. The molecule has 0 amide bonds. The molecule has 5 heterocycles. The summed E-state index contributed by atoms with van der Waals surface area (Å²) in [6.45, 7) is 1.21. The van der Waals surface area contributed by atoms with E-state index in [1.807, 2.05) is 18.2 Å². The highest BCUT2D eigenvalue weighted by Crippen LogP contribution is 2.51. The first kappa shape index (κ1) is 19.2. The third-order valence-electron chi connectivity index (χ3n) is 5.94. The predicted molar refractivity (Wildman–Crippen MR) is 116 cm³/mol. The van der Waals surface area contributed by atoms with E-state index in [2.05, 4.69) is 15.0 Å². The van der Waals surface area contributed by atoms with Crippen molar-refractivity contribution in [2.24, 2.45) is 10.7 Å². The maximum Gasteiger partial charge on any atom is 0.220 e. The summed E-state index contributed by atoms with van der Waals surface area (Å²) in [7, 11) is 0. The predicted octanol–water partition coefficient (Wildman–Crippen LogP) is 3.78. The average Bonchev–Trinajstić information content (AvgIpc) is 3.22. The van der Waals surface area contributed by atoms with Crippen molar-refractivity contribution in [1.29, 1.82) is 0 Å². The van der Waals surface area contributed by atoms with Gasteiger partial charge in [-0.15, -0.1) is 0 Å². The van der Waals surface area contributed by atoms with Crippen LogP contribution in [0.5, 0.6) is 11.5 Å². The number of hydrogen-bond acceptors (Lipinski definition) is 7. The lowest BCUT2D eigenvalue weighted by Gasteiger charge is -2.35. The van der Waals surface area contributed by atoms with Crippen LogP contribution in [-0.4, -0.2) is 35.7 Å². The molecule has 0 saturated heterocycles. The molecule has 6 rings (SSSR count). The Balaban J connectivity index is 1.53. The quantitative estimate of drug-likeness (QED) is 0.622. The Labute approximate surface area is 183 Å². The third kappa shape index (κ3) is 2.96. The molecule has 0 fully saturated rings. The van der Waals surface area contributed by atoms with E-state index in [0.717, 1.165) is 23.3 Å². The summed E-state index contributed by atoms with van der Waals surface area (Å²) >= 11 is 0. The molecule has 0 saturated carbocycles. The van der Waals surface area contributed by atoms with Crippen LogP contribution in [0.1, 0.15) is 23.2 Å². The molecule has 7 nitrogen and oxygen atoms in total. The monoisotopic (exact) mass is 430 g/mol. The maximum atomic E-state index is 14.4. The van der Waals surface area contributed by atoms with Gasteiger partial charge in [0, 0.05) is 29.1 Å². The molecule has 160 valence electrons. The Hall–Kier alpha value is -3.46. The molecule has 2 aromatic heterocycles. The Bertz CT molecular complexity index is 1290. The van der Waals surface area contributed by atoms with Crippen LogP contribution in [0.4, 0.5) is 4.39 Å². The first-order chi connectivity index (χ1) is 15.6. The number of pyridine rings is 2. The van der Waals surface area contributed by atoms with Crippen LogP contribution in [0.3, 0.4) is 0 Å². The summed E-state index contributed by atoms with van der Waals surface area (Å²) in [5.74, 6) is 0.593. The van der Waals surface area contributed by atoms with Gasteiger partial charge >= 0.3 is 0 Å². The molecule has 2 N–H and O–H groups in total. The van der Waals surface area contributed by atoms with Crippen LogP contribution in [0, 0.1) is 5.95 Å². The van der Waals surface area contributed by atoms with E-state index in [-0.39, 0.29) is 0 Å². The summed E-state index contributed by atoms with van der Waals surface area (Å²) in [5, 5.41) is 0. The van der Waals surface area contributed by atoms with Gasteiger partial charge in [-0.1, -0.05) is 12.1 Å². The van der Waals surface area contributed by atoms with Crippen LogP contribution >= 0.6 is 0 Å². The molecule has 0 radical (unpaired) electrons. The molecule has 2 atom stereocenters. The van der Waals surface area contributed by atoms with Gasteiger partial charge in [0.2, 0.25) is 12.3 Å². The lowest BCUT2D eigenvalue weighted by atomic mass is 9.82. The Morgan fingerprint density at radius 1 is 1.09 bits per heavy atom. The van der Waals surface area contributed by atoms with E-state index < -0.39 is 17.9 Å². The first-order valence-corrected chi connectivity index (χ1v) is 10.3. The summed E-state index contributed by atoms with van der Waals surface area (Å²) in [6.07, 6.45) is 6.79. The molecular weight excluding hydrogens is 411 g/mol. The van der Waals surface area contributed by atoms with Crippen LogP contribution in [0.25, 0.3) is 16.7 Å². The number of ether oxygens (including phenoxy) is 3. The second-order valence-electron chi connectivity index (χ2n) is 7.80. The third-order valence-corrected chi connectivity index (χ3v) is 5.94. The zero-order valence-corrected chi connectivity index (χ0v) is 17.0. The molecule has 3 aromatic rings. The lowest BCUT2D eigenvalue weighted by molar-refractivity contribution is -0.00294. The van der Waals surface area contributed by atoms with Crippen LogP contribution in [0.15, 0.2) is 59.9 Å². The van der Waals surface area contributed by atoms with E-state index >= 15 is 0 Å². The van der Waals surface area contributed by atoms with Gasteiger partial charge in [0.05, 0.1) is 25.1 Å². The highest BCUT2D eigenvalue weighted by atomic mass is 19.1. The van der Waals surface area contributed by atoms with Crippen molar-refractivity contribution >= 4 is 11.8 Å². The number of benzene rings is 1. The van der Waals surface area contributed by atoms with E-state index in [1.165, 1.54) is 6.20 Å². The van der Waals surface area contributed by atoms with Crippen molar-refractivity contribution in [3.05, 3.63) is 77.6 Å². The lowest BCUT2D eigenvalue weighted by Crippen LogP contribution is -2.36. The number of halogens is 1. The standard InChI is InChI=1S/C24H19FN4O3/c25-22-16(2-1-7-27-22)15-3-4-20-17(10-15)24(13-29-23(26)32-24)18-11-19(28-12-21(18)31-20)14-5-8-30-9-6-14/h1-5,7,10-13,23H,6,8-9,26H2/t23-,24?/m0/s1. The Morgan fingerprint density at radius 3 is 2.78 bits per heavy atom. The second-order valence-corrected chi connectivity index (χ2v) is 7.80. The minimum atomic E-state index is -1.07. The van der Waals surface area contributed by atoms with Crippen LogP contribution in [-0.2, 0) is 15.1 Å². The van der Waals surface area contributed by atoms with E-state index in [0.29, 0.717) is 41.4 Å². The van der Waals surface area contributed by atoms with Gasteiger partial charge in [-0.25, -0.2) is 9.98 Å². The highest BCUT2D eigenvalue weighted by Gasteiger charge is 2.47. The normalized spacial score (nSPS) is 23.4. The minimum Gasteiger partial charge on any atom is -0.455 e. The van der Waals surface area contributed by atoms with Gasteiger partial charge < -0.3 is 14.2 Å². The Morgan fingerprint density at radius 2 is 2.00 bits per heavy atom. The number of aromatic nitrogens is 2. The van der Waals surface area contributed by atoms with Crippen molar-refractivity contribution in [3.8, 4) is 22.6 Å². The first-order valence-electron chi connectivity index (χ1n) is 10.3. The summed E-state index contributed by atoms with van der Waals surface area (Å²) in [4.78, 5) is 12.7. The second kappa shape index (κ2) is 7.30. The number of fused-ring (bicyclic) bond motifs is 4. The van der Waals surface area contributed by atoms with Gasteiger partial charge in [-0.2, -0.15) is 4.39 Å². The Kier molecular flexibility index (Phi) is 4.39. The van der Waals surface area contributed by atoms with Crippen molar-refractivity contribution in [1.82, 2.24) is 9.97 Å². The van der Waals surface area contributed by atoms with Crippen molar-refractivity contribution in [2.75, 3.05) is 13.2 Å². The van der Waals surface area contributed by atoms with Gasteiger partial charge in [-0.3, -0.25) is 10.7 Å². The molecule has 1 aromatic carbocycles. The molecule has 1 unspecified atom stereocenters. The largest absolute Gasteiger partial charge is 0.455 e. The SMILES string of the molecule is N[C@H]1N=CC2(O1)c1cc(-c3cccnc3F)ccc1Oc1cnc(C3=CCOCC3)cc12. The summed E-state index contributed by atoms with van der Waals surface area (Å²) in [5.41, 5.74) is 9.38. The summed E-state index contributed by atoms with van der Waals surface area (Å²) < 4.78 is 32.2. The smallest absolute Gasteiger partial charge is 0.220 e. The minimum absolute atomic E-state index is 0.387. The van der Waals surface area contributed by atoms with E-state index in [4.69, 9.17) is 19.9 Å². The van der Waals surface area contributed by atoms with E-state index in [1.54, 1.807) is 36.7 Å². The number of rotatable bonds is 2. The average molecular weight is 430 g/mol. The molecule has 8 heteroatoms. The fraction of sp³-hybridized carbons (Fsp3) is 0.208. The number of nitrogens with two attached hydrogens (primary N) is 1. The highest BCUT2D eigenvalue weighted by molar-refractivity contribution is 5.85. The molecule has 32 heavy (non-hydrogen) atoms. The summed E-state index contributed by atoms with van der Waals surface area (Å²) in [6, 6.07) is 10.8. The molecule has 1 spiro atoms. The van der Waals surface area contributed by atoms with Crippen molar-refractivity contribution < 1.29 is 18.6 Å². The number of hydrogen-bond donors (Lipinski definition) is 1. The van der Waals surface area contributed by atoms with Gasteiger partial charge in [0.1, 0.15) is 5.75 Å². The maximum absolute atomic E-state index is 14.4. The van der Waals surface area contributed by atoms with Crippen LogP contribution in [0.2, 0.25) is 0 Å². The fourth-order valence-electron chi connectivity index (χ4n) is 4.39. The molecule has 0 bridgehead atoms. The fourth-order valence-corrected chi connectivity index (χ4v) is 4.39. The topological polar surface area (TPSA) is 91.9 Å². The van der Waals surface area contributed by atoms with E-state index in [9.17, 15) is 4.39 Å². The molecule has 0 aliphatic carbocycles. The van der Waals surface area contributed by atoms with Crippen LogP contribution < -0.4 is 10.5 Å². The van der Waals surface area contributed by atoms with Gasteiger partial charge in [0.15, 0.2) is 11.4 Å².